The maximum Gasteiger partial charge on any atom is 0.119 e. The quantitative estimate of drug-likeness (QED) is 0.515. The van der Waals surface area contributed by atoms with Crippen molar-refractivity contribution >= 4 is 0 Å². The molecule has 0 aliphatic carbocycles. The molecular weight excluding hydrogens is 380 g/mol. The highest BCUT2D eigenvalue weighted by molar-refractivity contribution is 5.57. The van der Waals surface area contributed by atoms with E-state index in [1.54, 1.807) is 0 Å². The summed E-state index contributed by atoms with van der Waals surface area (Å²) in [5, 5.41) is 21.9. The maximum atomic E-state index is 11.0. The molecule has 0 aromatic heterocycles. The van der Waals surface area contributed by atoms with Crippen molar-refractivity contribution in [3.8, 4) is 11.5 Å². The van der Waals surface area contributed by atoms with Crippen molar-refractivity contribution in [2.24, 2.45) is 0 Å². The topological polar surface area (TPSA) is 40.5 Å². The molecule has 0 bridgehead atoms. The van der Waals surface area contributed by atoms with Crippen LogP contribution < -0.4 is 0 Å². The van der Waals surface area contributed by atoms with E-state index in [0.717, 1.165) is 11.1 Å². The highest BCUT2D eigenvalue weighted by Crippen LogP contribution is 2.45. The van der Waals surface area contributed by atoms with E-state index < -0.39 is 0 Å². The molecule has 2 N–H and O–H groups in total. The fourth-order valence-electron chi connectivity index (χ4n) is 4.89. The first-order valence-electron chi connectivity index (χ1n) is 11.5. The zero-order valence-corrected chi connectivity index (χ0v) is 21.9. The number of hydrogen-bond donors (Lipinski definition) is 2. The first-order chi connectivity index (χ1) is 13.8. The van der Waals surface area contributed by atoms with E-state index in [1.807, 2.05) is 12.1 Å². The van der Waals surface area contributed by atoms with Gasteiger partial charge in [0, 0.05) is 11.1 Å². The molecule has 2 nitrogen and oxygen atoms in total. The molecule has 0 aliphatic rings. The summed E-state index contributed by atoms with van der Waals surface area (Å²) < 4.78 is 0. The first kappa shape index (κ1) is 25.3. The van der Waals surface area contributed by atoms with E-state index >= 15 is 0 Å². The largest absolute Gasteiger partial charge is 0.508 e. The van der Waals surface area contributed by atoms with Crippen molar-refractivity contribution in [1.82, 2.24) is 0 Å². The molecule has 31 heavy (non-hydrogen) atoms. The van der Waals surface area contributed by atoms with Crippen molar-refractivity contribution in [3.05, 3.63) is 57.6 Å². The van der Waals surface area contributed by atoms with Crippen LogP contribution in [-0.4, -0.2) is 10.2 Å². The van der Waals surface area contributed by atoms with Gasteiger partial charge in [0.25, 0.3) is 0 Å². The van der Waals surface area contributed by atoms with Gasteiger partial charge < -0.3 is 10.2 Å². The fraction of sp³-hybridized carbons (Fsp3) is 0.586. The standard InChI is InChI=1S/C29H44O2/c1-26(2,3)20-13-15-22(30)24(28(7,8)9)18(20)17-19-21(27(4,5)6)14-16-23(31)25(19)29(10,11)12/h13-16,30-31H,17H2,1-12H3. The van der Waals surface area contributed by atoms with Crippen LogP contribution in [0, 0.1) is 0 Å². The number of aromatic hydroxyl groups is 2. The Kier molecular flexibility index (Phi) is 6.42. The summed E-state index contributed by atoms with van der Waals surface area (Å²) in [6, 6.07) is 7.86. The van der Waals surface area contributed by atoms with Crippen LogP contribution in [0.2, 0.25) is 0 Å². The van der Waals surface area contributed by atoms with E-state index in [4.69, 9.17) is 0 Å². The molecule has 0 saturated heterocycles. The van der Waals surface area contributed by atoms with Crippen LogP contribution in [0.4, 0.5) is 0 Å². The van der Waals surface area contributed by atoms with Crippen LogP contribution in [0.1, 0.15) is 116 Å². The lowest BCUT2D eigenvalue weighted by molar-refractivity contribution is 0.439. The molecule has 0 fully saturated rings. The molecular formula is C29H44O2. The summed E-state index contributed by atoms with van der Waals surface area (Å²) in [4.78, 5) is 0. The van der Waals surface area contributed by atoms with Gasteiger partial charge >= 0.3 is 0 Å². The monoisotopic (exact) mass is 424 g/mol. The van der Waals surface area contributed by atoms with Gasteiger partial charge in [0.15, 0.2) is 0 Å². The van der Waals surface area contributed by atoms with Gasteiger partial charge in [-0.1, -0.05) is 95.2 Å². The summed E-state index contributed by atoms with van der Waals surface area (Å²) in [5.41, 5.74) is 6.32. The Balaban J connectivity index is 3.01. The Morgan fingerprint density at radius 2 is 0.774 bits per heavy atom. The minimum atomic E-state index is -0.207. The normalized spacial score (nSPS) is 13.5. The summed E-state index contributed by atoms with van der Waals surface area (Å²) in [6.07, 6.45) is 0.682. The van der Waals surface area contributed by atoms with Crippen molar-refractivity contribution < 1.29 is 10.2 Å². The second kappa shape index (κ2) is 7.87. The van der Waals surface area contributed by atoms with Gasteiger partial charge in [0.2, 0.25) is 0 Å². The van der Waals surface area contributed by atoms with Crippen LogP contribution in [0.5, 0.6) is 11.5 Å². The molecule has 0 amide bonds. The Morgan fingerprint density at radius 3 is 1.00 bits per heavy atom. The van der Waals surface area contributed by atoms with E-state index in [2.05, 4.69) is 95.2 Å². The second-order valence-electron chi connectivity index (χ2n) is 13.1. The lowest BCUT2D eigenvalue weighted by Crippen LogP contribution is -2.25. The van der Waals surface area contributed by atoms with Crippen LogP contribution in [-0.2, 0) is 28.1 Å². The summed E-state index contributed by atoms with van der Waals surface area (Å²) in [7, 11) is 0. The van der Waals surface area contributed by atoms with Gasteiger partial charge in [-0.15, -0.1) is 0 Å². The first-order valence-corrected chi connectivity index (χ1v) is 11.5. The van der Waals surface area contributed by atoms with Crippen molar-refractivity contribution in [2.75, 3.05) is 0 Å². The smallest absolute Gasteiger partial charge is 0.119 e. The number of rotatable bonds is 2. The van der Waals surface area contributed by atoms with E-state index in [0.29, 0.717) is 17.9 Å². The summed E-state index contributed by atoms with van der Waals surface area (Å²) >= 11 is 0. The maximum absolute atomic E-state index is 11.0. The Bertz CT molecular complexity index is 873. The molecule has 0 saturated carbocycles. The number of phenols is 2. The highest BCUT2D eigenvalue weighted by Gasteiger charge is 2.33. The number of phenolic OH excluding ortho intramolecular Hbond substituents is 2. The van der Waals surface area contributed by atoms with Crippen molar-refractivity contribution in [3.63, 3.8) is 0 Å². The molecule has 172 valence electrons. The Labute approximate surface area is 190 Å². The lowest BCUT2D eigenvalue weighted by Gasteiger charge is -2.34. The van der Waals surface area contributed by atoms with Gasteiger partial charge in [0.1, 0.15) is 11.5 Å². The summed E-state index contributed by atoms with van der Waals surface area (Å²) in [5.74, 6) is 0.704. The molecule has 2 aromatic rings. The molecule has 0 atom stereocenters. The molecule has 0 aliphatic heterocycles. The zero-order chi connectivity index (χ0) is 24.2. The lowest BCUT2D eigenvalue weighted by atomic mass is 9.70. The molecule has 2 heteroatoms. The van der Waals surface area contributed by atoms with Crippen LogP contribution >= 0.6 is 0 Å². The van der Waals surface area contributed by atoms with Gasteiger partial charge in [-0.3, -0.25) is 0 Å². The number of hydrogen-bond acceptors (Lipinski definition) is 2. The fourth-order valence-corrected chi connectivity index (χ4v) is 4.89. The van der Waals surface area contributed by atoms with E-state index in [-0.39, 0.29) is 21.7 Å². The third-order valence-corrected chi connectivity index (χ3v) is 6.05. The Hall–Kier alpha value is -1.96. The molecule has 0 heterocycles. The average Bonchev–Trinajstić information content (AvgIpc) is 2.49. The van der Waals surface area contributed by atoms with Crippen molar-refractivity contribution in [1.29, 1.82) is 0 Å². The van der Waals surface area contributed by atoms with Crippen LogP contribution in [0.3, 0.4) is 0 Å². The molecule has 0 radical (unpaired) electrons. The zero-order valence-electron chi connectivity index (χ0n) is 21.9. The highest BCUT2D eigenvalue weighted by atomic mass is 16.3. The van der Waals surface area contributed by atoms with Gasteiger partial charge in [-0.2, -0.15) is 0 Å². The predicted molar refractivity (Wildman–Crippen MR) is 134 cm³/mol. The van der Waals surface area contributed by atoms with E-state index in [1.165, 1.54) is 22.3 Å². The third kappa shape index (κ3) is 5.27. The van der Waals surface area contributed by atoms with Crippen LogP contribution in [0.15, 0.2) is 24.3 Å². The molecule has 2 rings (SSSR count). The molecule has 0 spiro atoms. The third-order valence-electron chi connectivity index (χ3n) is 6.05. The second-order valence-corrected chi connectivity index (χ2v) is 13.1. The minimum Gasteiger partial charge on any atom is -0.508 e. The summed E-state index contributed by atoms with van der Waals surface area (Å²) in [6.45, 7) is 26.4. The molecule has 0 unspecified atom stereocenters. The van der Waals surface area contributed by atoms with Gasteiger partial charge in [-0.05, 0) is 62.5 Å². The predicted octanol–water partition coefficient (Wildman–Crippen LogP) is 7.88. The minimum absolute atomic E-state index is 0.0658. The molecule has 2 aromatic carbocycles. The van der Waals surface area contributed by atoms with Gasteiger partial charge in [-0.25, -0.2) is 0 Å². The Morgan fingerprint density at radius 1 is 0.484 bits per heavy atom. The van der Waals surface area contributed by atoms with Gasteiger partial charge in [0.05, 0.1) is 0 Å². The number of benzene rings is 2. The SMILES string of the molecule is CC(C)(C)c1ccc(O)c(C(C)(C)C)c1Cc1c(C(C)(C)C)ccc(O)c1C(C)(C)C. The average molecular weight is 425 g/mol. The van der Waals surface area contributed by atoms with Crippen LogP contribution in [0.25, 0.3) is 0 Å². The van der Waals surface area contributed by atoms with Crippen molar-refractivity contribution in [2.45, 2.75) is 111 Å². The van der Waals surface area contributed by atoms with E-state index in [9.17, 15) is 10.2 Å².